The number of nitrogens with zero attached hydrogens (tertiary/aromatic N) is 3. The molecule has 1 aromatic carbocycles. The zero-order chi connectivity index (χ0) is 21.6. The van der Waals surface area contributed by atoms with Gasteiger partial charge in [0.2, 0.25) is 0 Å². The van der Waals surface area contributed by atoms with Crippen LogP contribution in [-0.2, 0) is 11.3 Å². The molecule has 3 aromatic rings. The van der Waals surface area contributed by atoms with Crippen LogP contribution in [0.5, 0.6) is 11.5 Å². The number of nitrogens with one attached hydrogen (secondary N) is 1. The molecule has 0 atom stereocenters. The van der Waals surface area contributed by atoms with Gasteiger partial charge in [-0.05, 0) is 18.2 Å². The second-order valence-corrected chi connectivity index (χ2v) is 7.73. The first-order valence-corrected chi connectivity index (χ1v) is 10.8. The van der Waals surface area contributed by atoms with Gasteiger partial charge in [-0.25, -0.2) is 9.97 Å². The van der Waals surface area contributed by atoms with Gasteiger partial charge in [-0.2, -0.15) is 0 Å². The van der Waals surface area contributed by atoms with E-state index in [1.165, 1.54) is 11.3 Å². The van der Waals surface area contributed by atoms with Crippen molar-refractivity contribution in [2.75, 3.05) is 45.4 Å². The Morgan fingerprint density at radius 3 is 2.84 bits per heavy atom. The molecular formula is C22H24N4O4S. The summed E-state index contributed by atoms with van der Waals surface area (Å²) in [4.78, 5) is 23.9. The van der Waals surface area contributed by atoms with Crippen molar-refractivity contribution in [1.82, 2.24) is 15.3 Å². The van der Waals surface area contributed by atoms with E-state index in [2.05, 4.69) is 20.2 Å². The van der Waals surface area contributed by atoms with Crippen LogP contribution in [0.25, 0.3) is 10.6 Å². The number of carbonyl (C=O) groups excluding carboxylic acids is 1. The van der Waals surface area contributed by atoms with Crippen molar-refractivity contribution in [2.45, 2.75) is 6.54 Å². The summed E-state index contributed by atoms with van der Waals surface area (Å²) in [6, 6.07) is 9.48. The topological polar surface area (TPSA) is 85.8 Å². The van der Waals surface area contributed by atoms with Crippen molar-refractivity contribution < 1.29 is 19.0 Å². The highest BCUT2D eigenvalue weighted by molar-refractivity contribution is 7.13. The molecule has 8 nitrogen and oxygen atoms in total. The Morgan fingerprint density at radius 2 is 2.06 bits per heavy atom. The zero-order valence-electron chi connectivity index (χ0n) is 17.5. The Morgan fingerprint density at radius 1 is 1.23 bits per heavy atom. The lowest BCUT2D eigenvalue weighted by molar-refractivity contribution is 0.0946. The molecule has 2 aromatic heterocycles. The molecule has 0 bridgehead atoms. The number of para-hydroxylation sites is 1. The Hall–Kier alpha value is -3.17. The number of thiazole rings is 1. The van der Waals surface area contributed by atoms with Crippen LogP contribution in [0.1, 0.15) is 16.1 Å². The van der Waals surface area contributed by atoms with Crippen LogP contribution in [0, 0.1) is 0 Å². The van der Waals surface area contributed by atoms with E-state index in [0.29, 0.717) is 37.0 Å². The van der Waals surface area contributed by atoms with Gasteiger partial charge in [-0.3, -0.25) is 4.79 Å². The van der Waals surface area contributed by atoms with Crippen molar-refractivity contribution in [1.29, 1.82) is 0 Å². The molecule has 0 radical (unpaired) electrons. The number of carbonyl (C=O) groups is 1. The summed E-state index contributed by atoms with van der Waals surface area (Å²) in [5.41, 5.74) is 2.15. The largest absolute Gasteiger partial charge is 0.493 e. The molecule has 1 N–H and O–H groups in total. The molecule has 31 heavy (non-hydrogen) atoms. The average Bonchev–Trinajstić information content (AvgIpc) is 3.33. The Bertz CT molecular complexity index is 1050. The summed E-state index contributed by atoms with van der Waals surface area (Å²) in [6.07, 6.45) is 1.77. The van der Waals surface area contributed by atoms with E-state index in [-0.39, 0.29) is 5.91 Å². The van der Waals surface area contributed by atoms with Gasteiger partial charge in [0.1, 0.15) is 16.5 Å². The highest BCUT2D eigenvalue weighted by Gasteiger charge is 2.16. The minimum atomic E-state index is -0.241. The molecule has 0 saturated carbocycles. The van der Waals surface area contributed by atoms with Crippen molar-refractivity contribution in [3.63, 3.8) is 0 Å². The number of amides is 1. The number of methoxy groups -OCH3 is 2. The first kappa shape index (κ1) is 21.1. The normalized spacial score (nSPS) is 13.7. The lowest BCUT2D eigenvalue weighted by atomic mass is 10.2. The van der Waals surface area contributed by atoms with Crippen LogP contribution in [0.15, 0.2) is 41.9 Å². The van der Waals surface area contributed by atoms with Gasteiger partial charge < -0.3 is 24.4 Å². The molecule has 1 aliphatic heterocycles. The van der Waals surface area contributed by atoms with Crippen molar-refractivity contribution in [3.05, 3.63) is 53.2 Å². The van der Waals surface area contributed by atoms with Crippen LogP contribution in [0.4, 0.5) is 5.82 Å². The first-order valence-electron chi connectivity index (χ1n) is 9.92. The second-order valence-electron chi connectivity index (χ2n) is 6.88. The molecule has 1 saturated heterocycles. The summed E-state index contributed by atoms with van der Waals surface area (Å²) in [6.45, 7) is 3.34. The molecule has 162 valence electrons. The van der Waals surface area contributed by atoms with Crippen LogP contribution in [-0.4, -0.2) is 56.4 Å². The quantitative estimate of drug-likeness (QED) is 0.604. The summed E-state index contributed by atoms with van der Waals surface area (Å²) in [5.74, 6) is 1.89. The number of ether oxygens (including phenoxy) is 3. The number of rotatable bonds is 7. The molecule has 1 aliphatic rings. The van der Waals surface area contributed by atoms with E-state index in [0.717, 1.165) is 35.0 Å². The second kappa shape index (κ2) is 9.76. The third-order valence-corrected chi connectivity index (χ3v) is 5.88. The third kappa shape index (κ3) is 4.78. The molecule has 0 aliphatic carbocycles. The van der Waals surface area contributed by atoms with Gasteiger partial charge in [-0.15, -0.1) is 11.3 Å². The Balaban J connectivity index is 1.45. The lowest BCUT2D eigenvalue weighted by Gasteiger charge is -2.27. The van der Waals surface area contributed by atoms with Crippen molar-refractivity contribution in [3.8, 4) is 22.1 Å². The molecule has 1 fully saturated rings. The molecule has 0 unspecified atom stereocenters. The summed E-state index contributed by atoms with van der Waals surface area (Å²) >= 11 is 1.43. The highest BCUT2D eigenvalue weighted by atomic mass is 32.1. The van der Waals surface area contributed by atoms with Gasteiger partial charge in [0.15, 0.2) is 11.5 Å². The summed E-state index contributed by atoms with van der Waals surface area (Å²) in [5, 5.41) is 5.45. The van der Waals surface area contributed by atoms with Crippen LogP contribution < -0.4 is 19.7 Å². The fourth-order valence-electron chi connectivity index (χ4n) is 3.39. The fraction of sp³-hybridized carbons (Fsp3) is 0.318. The molecule has 3 heterocycles. The lowest BCUT2D eigenvalue weighted by Crippen LogP contribution is -2.36. The number of benzene rings is 1. The Labute approximate surface area is 184 Å². The number of pyridine rings is 1. The maximum absolute atomic E-state index is 12.7. The van der Waals surface area contributed by atoms with E-state index in [1.807, 2.05) is 30.3 Å². The van der Waals surface area contributed by atoms with Crippen LogP contribution in [0.3, 0.4) is 0 Å². The molecular weight excluding hydrogens is 416 g/mol. The first-order chi connectivity index (χ1) is 15.2. The van der Waals surface area contributed by atoms with Crippen molar-refractivity contribution >= 4 is 23.1 Å². The zero-order valence-corrected chi connectivity index (χ0v) is 18.3. The molecule has 0 spiro atoms. The number of hydrogen-bond donors (Lipinski definition) is 1. The van der Waals surface area contributed by atoms with Gasteiger partial charge in [0.05, 0.1) is 27.4 Å². The van der Waals surface area contributed by atoms with E-state index in [9.17, 15) is 4.79 Å². The van der Waals surface area contributed by atoms with Crippen LogP contribution in [0.2, 0.25) is 0 Å². The average molecular weight is 441 g/mol. The van der Waals surface area contributed by atoms with E-state index in [4.69, 9.17) is 14.2 Å². The minimum absolute atomic E-state index is 0.241. The highest BCUT2D eigenvalue weighted by Crippen LogP contribution is 2.31. The maximum atomic E-state index is 12.7. The van der Waals surface area contributed by atoms with E-state index in [1.54, 1.807) is 25.8 Å². The number of anilines is 1. The standard InChI is InChI=1S/C22H24N4O4S/c1-28-18-5-3-4-16(20(18)29-2)13-24-21(27)17-14-31-22(25-17)15-6-7-23-19(12-15)26-8-10-30-11-9-26/h3-7,12,14H,8-11,13H2,1-2H3,(H,24,27). The maximum Gasteiger partial charge on any atom is 0.271 e. The van der Waals surface area contributed by atoms with Crippen molar-refractivity contribution in [2.24, 2.45) is 0 Å². The number of aromatic nitrogens is 2. The molecule has 9 heteroatoms. The number of hydrogen-bond acceptors (Lipinski definition) is 8. The van der Waals surface area contributed by atoms with Gasteiger partial charge in [-0.1, -0.05) is 12.1 Å². The van der Waals surface area contributed by atoms with Gasteiger partial charge >= 0.3 is 0 Å². The molecule has 4 rings (SSSR count). The van der Waals surface area contributed by atoms with Gasteiger partial charge in [0, 0.05) is 42.3 Å². The minimum Gasteiger partial charge on any atom is -0.493 e. The predicted molar refractivity (Wildman–Crippen MR) is 119 cm³/mol. The number of morpholine rings is 1. The predicted octanol–water partition coefficient (Wildman–Crippen LogP) is 2.99. The third-order valence-electron chi connectivity index (χ3n) is 4.99. The van der Waals surface area contributed by atoms with E-state index < -0.39 is 0 Å². The Kier molecular flexibility index (Phi) is 6.63. The van der Waals surface area contributed by atoms with Gasteiger partial charge in [0.25, 0.3) is 5.91 Å². The monoisotopic (exact) mass is 440 g/mol. The summed E-state index contributed by atoms with van der Waals surface area (Å²) < 4.78 is 16.1. The molecule has 1 amide bonds. The smallest absolute Gasteiger partial charge is 0.271 e. The fourth-order valence-corrected chi connectivity index (χ4v) is 4.18. The summed E-state index contributed by atoms with van der Waals surface area (Å²) in [7, 11) is 3.16. The van der Waals surface area contributed by atoms with E-state index >= 15 is 0 Å². The van der Waals surface area contributed by atoms with Crippen LogP contribution >= 0.6 is 11.3 Å². The SMILES string of the molecule is COc1cccc(CNC(=O)c2csc(-c3ccnc(N4CCOCC4)c3)n2)c1OC.